The first-order valence-electron chi connectivity index (χ1n) is 9.82. The van der Waals surface area contributed by atoms with Gasteiger partial charge in [0.25, 0.3) is 0 Å². The Bertz CT molecular complexity index is 1260. The molecule has 0 aliphatic rings. The second kappa shape index (κ2) is 7.72. The summed E-state index contributed by atoms with van der Waals surface area (Å²) in [5, 5.41) is 4.12. The van der Waals surface area contributed by atoms with Gasteiger partial charge in [0, 0.05) is 23.5 Å². The van der Waals surface area contributed by atoms with Crippen molar-refractivity contribution in [2.75, 3.05) is 0 Å². The predicted octanol–water partition coefficient (Wildman–Crippen LogP) is 6.55. The summed E-state index contributed by atoms with van der Waals surface area (Å²) in [6, 6.07) is 23.5. The Morgan fingerprint density at radius 2 is 1.57 bits per heavy atom. The molecule has 0 aliphatic heterocycles. The van der Waals surface area contributed by atoms with Crippen LogP contribution in [0.3, 0.4) is 0 Å². The zero-order valence-electron chi connectivity index (χ0n) is 16.7. The maximum atomic E-state index is 5.40. The highest BCUT2D eigenvalue weighted by Crippen LogP contribution is 2.35. The molecule has 148 valence electrons. The van der Waals surface area contributed by atoms with E-state index in [9.17, 15) is 0 Å². The van der Waals surface area contributed by atoms with Crippen LogP contribution in [0.2, 0.25) is 0 Å². The molecule has 3 aromatic heterocycles. The average molecular weight is 505 g/mol. The second-order valence-electron chi connectivity index (χ2n) is 7.40. The highest BCUT2D eigenvalue weighted by molar-refractivity contribution is 14.1. The number of nitrogens with zero attached hydrogens (tertiary/aromatic N) is 3. The van der Waals surface area contributed by atoms with E-state index in [2.05, 4.69) is 105 Å². The number of hydrogen-bond donors (Lipinski definition) is 0. The highest BCUT2D eigenvalue weighted by atomic mass is 127. The molecule has 0 amide bonds. The lowest BCUT2D eigenvalue weighted by Gasteiger charge is -2.21. The number of rotatable bonds is 4. The fourth-order valence-electron chi connectivity index (χ4n) is 4.12. The molecule has 3 heterocycles. The van der Waals surface area contributed by atoms with E-state index in [4.69, 9.17) is 9.51 Å². The summed E-state index contributed by atoms with van der Waals surface area (Å²) >= 11 is 2.38. The summed E-state index contributed by atoms with van der Waals surface area (Å²) in [6.07, 6.45) is 4.11. The van der Waals surface area contributed by atoms with Gasteiger partial charge in [0.1, 0.15) is 11.3 Å². The van der Waals surface area contributed by atoms with E-state index in [0.29, 0.717) is 0 Å². The van der Waals surface area contributed by atoms with Crippen LogP contribution in [0.5, 0.6) is 0 Å². The van der Waals surface area contributed by atoms with E-state index >= 15 is 0 Å². The van der Waals surface area contributed by atoms with E-state index in [1.165, 1.54) is 11.1 Å². The van der Waals surface area contributed by atoms with Crippen molar-refractivity contribution in [1.29, 1.82) is 0 Å². The van der Waals surface area contributed by atoms with Gasteiger partial charge in [-0.25, -0.2) is 0 Å². The normalized spacial score (nSPS) is 11.5. The first-order valence-corrected chi connectivity index (χ1v) is 10.9. The van der Waals surface area contributed by atoms with Crippen molar-refractivity contribution < 1.29 is 4.52 Å². The van der Waals surface area contributed by atoms with E-state index < -0.39 is 0 Å². The van der Waals surface area contributed by atoms with Gasteiger partial charge in [0.2, 0.25) is 0 Å². The van der Waals surface area contributed by atoms with Gasteiger partial charge in [-0.2, -0.15) is 0 Å². The van der Waals surface area contributed by atoms with Crippen LogP contribution in [0.1, 0.15) is 28.6 Å². The lowest BCUT2D eigenvalue weighted by Crippen LogP contribution is -2.11. The molecule has 5 aromatic rings. The van der Waals surface area contributed by atoms with Gasteiger partial charge in [-0.1, -0.05) is 65.8 Å². The molecular weight excluding hydrogens is 485 g/mol. The Morgan fingerprint density at radius 1 is 0.933 bits per heavy atom. The zero-order valence-corrected chi connectivity index (χ0v) is 18.9. The van der Waals surface area contributed by atoms with Crippen molar-refractivity contribution in [2.24, 2.45) is 0 Å². The summed E-state index contributed by atoms with van der Waals surface area (Å²) in [4.78, 5) is 4.81. The minimum absolute atomic E-state index is 0.0557. The topological polar surface area (TPSA) is 43.9 Å². The van der Waals surface area contributed by atoms with E-state index in [1.807, 2.05) is 20.0 Å². The van der Waals surface area contributed by atoms with Gasteiger partial charge in [-0.15, -0.1) is 0 Å². The molecule has 5 rings (SSSR count). The zero-order chi connectivity index (χ0) is 20.7. The predicted molar refractivity (Wildman–Crippen MR) is 128 cm³/mol. The smallest absolute Gasteiger partial charge is 0.141 e. The summed E-state index contributed by atoms with van der Waals surface area (Å²) in [6.45, 7) is 3.91. The van der Waals surface area contributed by atoms with Crippen molar-refractivity contribution >= 4 is 33.6 Å². The number of halogens is 1. The Hall–Kier alpha value is -2.93. The fraction of sp³-hybridized carbons (Fsp3) is 0.120. The molecule has 0 unspecified atom stereocenters. The molecule has 0 saturated heterocycles. The Balaban J connectivity index is 1.77. The van der Waals surface area contributed by atoms with Gasteiger partial charge in [-0.3, -0.25) is 4.98 Å². The maximum Gasteiger partial charge on any atom is 0.141 e. The molecule has 0 radical (unpaired) electrons. The number of aromatic nitrogens is 3. The van der Waals surface area contributed by atoms with Crippen molar-refractivity contribution in [2.45, 2.75) is 19.9 Å². The number of hydrogen-bond acceptors (Lipinski definition) is 3. The quantitative estimate of drug-likeness (QED) is 0.260. The van der Waals surface area contributed by atoms with Crippen molar-refractivity contribution in [3.8, 4) is 11.1 Å². The molecule has 0 fully saturated rings. The van der Waals surface area contributed by atoms with E-state index in [-0.39, 0.29) is 6.04 Å². The maximum absolute atomic E-state index is 5.40. The van der Waals surface area contributed by atoms with Gasteiger partial charge in [0.15, 0.2) is 0 Å². The number of pyridine rings is 1. The van der Waals surface area contributed by atoms with Gasteiger partial charge in [0.05, 0.1) is 20.8 Å². The van der Waals surface area contributed by atoms with Crippen LogP contribution in [-0.2, 0) is 0 Å². The van der Waals surface area contributed by atoms with Crippen LogP contribution >= 0.6 is 22.6 Å². The summed E-state index contributed by atoms with van der Waals surface area (Å²) in [5.41, 5.74) is 7.48. The van der Waals surface area contributed by atoms with Crippen LogP contribution in [0, 0.1) is 17.4 Å². The third kappa shape index (κ3) is 3.23. The summed E-state index contributed by atoms with van der Waals surface area (Å²) in [7, 11) is 0. The number of benzene rings is 2. The molecule has 0 saturated carbocycles. The van der Waals surface area contributed by atoms with E-state index in [1.54, 1.807) is 0 Å². The molecule has 5 heteroatoms. The van der Waals surface area contributed by atoms with Crippen molar-refractivity contribution in [3.63, 3.8) is 0 Å². The third-order valence-corrected chi connectivity index (χ3v) is 6.24. The van der Waals surface area contributed by atoms with Crippen molar-refractivity contribution in [1.82, 2.24) is 14.7 Å². The van der Waals surface area contributed by atoms with Crippen LogP contribution in [-0.4, -0.2) is 14.7 Å². The largest absolute Gasteiger partial charge is 0.361 e. The Labute approximate surface area is 188 Å². The molecule has 30 heavy (non-hydrogen) atoms. The SMILES string of the molecule is Cc1noc(C)c1-c1cnc2c(I)cn(C(c3ccccc3)c3ccccc3)c2c1. The molecular formula is C25H20IN3O. The number of aryl methyl sites for hydroxylation is 2. The molecule has 0 atom stereocenters. The average Bonchev–Trinajstić information content (AvgIpc) is 3.28. The Kier molecular flexibility index (Phi) is 4.90. The molecule has 0 aliphatic carbocycles. The molecule has 0 spiro atoms. The van der Waals surface area contributed by atoms with Crippen LogP contribution in [0.25, 0.3) is 22.2 Å². The minimum atomic E-state index is 0.0557. The van der Waals surface area contributed by atoms with E-state index in [0.717, 1.165) is 37.2 Å². The van der Waals surface area contributed by atoms with Gasteiger partial charge < -0.3 is 9.09 Å². The summed E-state index contributed by atoms with van der Waals surface area (Å²) < 4.78 is 8.86. The summed E-state index contributed by atoms with van der Waals surface area (Å²) in [5.74, 6) is 0.809. The van der Waals surface area contributed by atoms with Crippen molar-refractivity contribution in [3.05, 3.63) is 105 Å². The van der Waals surface area contributed by atoms with Crippen LogP contribution < -0.4 is 0 Å². The molecule has 4 nitrogen and oxygen atoms in total. The Morgan fingerprint density at radius 3 is 2.13 bits per heavy atom. The molecule has 0 bridgehead atoms. The van der Waals surface area contributed by atoms with Crippen LogP contribution in [0.4, 0.5) is 0 Å². The molecule has 0 N–H and O–H groups in total. The minimum Gasteiger partial charge on any atom is -0.361 e. The highest BCUT2D eigenvalue weighted by Gasteiger charge is 2.21. The standard InChI is InChI=1S/C25H20IN3O/c1-16-23(17(2)30-28-16)20-13-22-24(27-14-20)21(26)15-29(22)25(18-9-5-3-6-10-18)19-11-7-4-8-12-19/h3-15,25H,1-2H3. The first-order chi connectivity index (χ1) is 14.6. The number of fused-ring (bicyclic) bond motifs is 1. The first kappa shape index (κ1) is 19.1. The monoisotopic (exact) mass is 505 g/mol. The lowest BCUT2D eigenvalue weighted by atomic mass is 9.98. The van der Waals surface area contributed by atoms with Crippen LogP contribution in [0.15, 0.2) is 83.6 Å². The fourth-order valence-corrected chi connectivity index (χ4v) is 4.83. The second-order valence-corrected chi connectivity index (χ2v) is 8.56. The van der Waals surface area contributed by atoms with Gasteiger partial charge >= 0.3 is 0 Å². The van der Waals surface area contributed by atoms with Gasteiger partial charge in [-0.05, 0) is 53.6 Å². The molecule has 2 aromatic carbocycles. The lowest BCUT2D eigenvalue weighted by molar-refractivity contribution is 0.393. The third-order valence-electron chi connectivity index (χ3n) is 5.46.